The molecule has 10 heteroatoms. The summed E-state index contributed by atoms with van der Waals surface area (Å²) in [5.41, 5.74) is 1.77. The van der Waals surface area contributed by atoms with Gasteiger partial charge in [-0.05, 0) is 66.4 Å². The quantitative estimate of drug-likeness (QED) is 0.313. The lowest BCUT2D eigenvalue weighted by Gasteiger charge is -2.15. The van der Waals surface area contributed by atoms with Crippen LogP contribution in [0.4, 0.5) is 13.2 Å². The first kappa shape index (κ1) is 25.3. The van der Waals surface area contributed by atoms with E-state index in [1.54, 1.807) is 25.1 Å². The minimum Gasteiger partial charge on any atom is -0.478 e. The van der Waals surface area contributed by atoms with Crippen LogP contribution in [0.15, 0.2) is 71.6 Å². The highest BCUT2D eigenvalue weighted by Gasteiger charge is 2.32. The fraction of sp³-hybridized carbons (Fsp3) is 0.192. The third-order valence-corrected chi connectivity index (χ3v) is 7.63. The van der Waals surface area contributed by atoms with Gasteiger partial charge in [-0.25, -0.2) is 17.2 Å². The molecule has 0 aliphatic heterocycles. The van der Waals surface area contributed by atoms with Gasteiger partial charge in [-0.2, -0.15) is 0 Å². The predicted octanol–water partition coefficient (Wildman–Crippen LogP) is 6.57. The van der Waals surface area contributed by atoms with Crippen LogP contribution in [0.2, 0.25) is 0 Å². The number of hydrogen-bond donors (Lipinski definition) is 1. The Hall–Kier alpha value is -3.79. The Morgan fingerprint density at radius 3 is 2.25 bits per heavy atom. The maximum atomic E-state index is 13.9. The minimum absolute atomic E-state index is 0.0201. The van der Waals surface area contributed by atoms with Crippen LogP contribution in [0.5, 0.6) is 5.75 Å². The third-order valence-electron chi connectivity index (χ3n) is 5.89. The Bertz CT molecular complexity index is 1570. The molecule has 1 aromatic heterocycles. The summed E-state index contributed by atoms with van der Waals surface area (Å²) >= 11 is 0. The molecule has 0 aliphatic rings. The summed E-state index contributed by atoms with van der Waals surface area (Å²) in [6.07, 6.45) is -4.92. The van der Waals surface area contributed by atoms with Crippen molar-refractivity contribution in [2.75, 3.05) is 0 Å². The van der Waals surface area contributed by atoms with Crippen LogP contribution in [-0.2, 0) is 10.0 Å². The van der Waals surface area contributed by atoms with Gasteiger partial charge in [0.05, 0.1) is 21.7 Å². The first-order chi connectivity index (χ1) is 16.8. The lowest BCUT2D eigenvalue weighted by molar-refractivity contribution is -0.274. The molecule has 0 unspecified atom stereocenters. The van der Waals surface area contributed by atoms with Gasteiger partial charge in [0.1, 0.15) is 5.75 Å². The van der Waals surface area contributed by atoms with E-state index in [0.29, 0.717) is 11.1 Å². The Morgan fingerprint density at radius 1 is 1.00 bits per heavy atom. The minimum atomic E-state index is -4.92. The Morgan fingerprint density at radius 2 is 1.67 bits per heavy atom. The topological polar surface area (TPSA) is 85.6 Å². The number of nitrogens with zero attached hydrogens (tertiary/aromatic N) is 1. The second-order valence-electron chi connectivity index (χ2n) is 8.57. The Labute approximate surface area is 205 Å². The van der Waals surface area contributed by atoms with Gasteiger partial charge < -0.3 is 9.84 Å². The molecule has 0 atom stereocenters. The van der Waals surface area contributed by atoms with E-state index in [1.807, 2.05) is 13.8 Å². The molecule has 0 saturated carbocycles. The second-order valence-corrected chi connectivity index (χ2v) is 10.4. The van der Waals surface area contributed by atoms with Crippen molar-refractivity contribution in [3.8, 4) is 17.0 Å². The van der Waals surface area contributed by atoms with Gasteiger partial charge in [-0.3, -0.25) is 0 Å². The van der Waals surface area contributed by atoms with E-state index >= 15 is 0 Å². The molecule has 0 saturated heterocycles. The van der Waals surface area contributed by atoms with E-state index in [9.17, 15) is 31.5 Å². The number of carbonyl (C=O) groups is 1. The highest BCUT2D eigenvalue weighted by Crippen LogP contribution is 2.37. The van der Waals surface area contributed by atoms with Gasteiger partial charge >= 0.3 is 12.3 Å². The summed E-state index contributed by atoms with van der Waals surface area (Å²) in [5, 5.41) is 9.73. The molecule has 36 heavy (non-hydrogen) atoms. The highest BCUT2D eigenvalue weighted by molar-refractivity contribution is 7.90. The van der Waals surface area contributed by atoms with Crippen molar-refractivity contribution in [1.29, 1.82) is 0 Å². The molecule has 0 bridgehead atoms. The maximum absolute atomic E-state index is 13.9. The number of ether oxygens (including phenoxy) is 1. The number of halogens is 3. The molecule has 4 aromatic rings. The lowest BCUT2D eigenvalue weighted by atomic mass is 10.00. The van der Waals surface area contributed by atoms with Crippen LogP contribution in [0.3, 0.4) is 0 Å². The SMILES string of the molecule is Cc1c(C(=O)O)cccc1-c1cc2cc(OC(F)(F)F)ccc2n1S(=O)(=O)c1ccc(C(C)C)cc1. The average molecular weight is 518 g/mol. The molecule has 188 valence electrons. The molecule has 0 spiro atoms. The van der Waals surface area contributed by atoms with Crippen molar-refractivity contribution in [3.63, 3.8) is 0 Å². The monoisotopic (exact) mass is 517 g/mol. The number of aromatic nitrogens is 1. The van der Waals surface area contributed by atoms with Gasteiger partial charge in [0.15, 0.2) is 0 Å². The standard InChI is InChI=1S/C26H22F3NO5S/c1-15(2)17-7-10-20(11-8-17)36(33,34)30-23-12-9-19(35-26(27,28)29)13-18(23)14-24(30)21-5-4-6-22(16(21)3)25(31)32/h4-15H,1-3H3,(H,31,32). The molecular weight excluding hydrogens is 495 g/mol. The zero-order valence-electron chi connectivity index (χ0n) is 19.5. The summed E-state index contributed by atoms with van der Waals surface area (Å²) < 4.78 is 71.1. The van der Waals surface area contributed by atoms with Crippen molar-refractivity contribution in [2.45, 2.75) is 37.9 Å². The zero-order chi connectivity index (χ0) is 26.4. The normalized spacial score (nSPS) is 12.3. The summed E-state index contributed by atoms with van der Waals surface area (Å²) in [6.45, 7) is 5.49. The molecule has 1 N–H and O–H groups in total. The zero-order valence-corrected chi connectivity index (χ0v) is 20.3. The highest BCUT2D eigenvalue weighted by atomic mass is 32.2. The number of hydrogen-bond acceptors (Lipinski definition) is 4. The first-order valence-corrected chi connectivity index (χ1v) is 12.3. The molecule has 0 radical (unpaired) electrons. The smallest absolute Gasteiger partial charge is 0.478 e. The number of carboxylic acids is 1. The summed E-state index contributed by atoms with van der Waals surface area (Å²) in [7, 11) is -4.24. The van der Waals surface area contributed by atoms with Crippen molar-refractivity contribution in [2.24, 2.45) is 0 Å². The van der Waals surface area contributed by atoms with Crippen LogP contribution in [0, 0.1) is 6.92 Å². The number of alkyl halides is 3. The predicted molar refractivity (Wildman–Crippen MR) is 129 cm³/mol. The van der Waals surface area contributed by atoms with Gasteiger partial charge in [0.25, 0.3) is 10.0 Å². The van der Waals surface area contributed by atoms with E-state index in [2.05, 4.69) is 4.74 Å². The molecule has 0 fully saturated rings. The van der Waals surface area contributed by atoms with Crippen LogP contribution in [0.1, 0.15) is 41.3 Å². The molecule has 4 rings (SSSR count). The third kappa shape index (κ3) is 4.68. The molecule has 3 aromatic carbocycles. The average Bonchev–Trinajstić information content (AvgIpc) is 3.17. The van der Waals surface area contributed by atoms with E-state index < -0.39 is 28.1 Å². The van der Waals surface area contributed by atoms with E-state index in [-0.39, 0.29) is 33.0 Å². The maximum Gasteiger partial charge on any atom is 0.573 e. The number of carboxylic acid groups (broad SMARTS) is 1. The summed E-state index contributed by atoms with van der Waals surface area (Å²) in [4.78, 5) is 11.7. The molecule has 1 heterocycles. The number of fused-ring (bicyclic) bond motifs is 1. The van der Waals surface area contributed by atoms with Gasteiger partial charge in [0, 0.05) is 10.9 Å². The largest absolute Gasteiger partial charge is 0.573 e. The van der Waals surface area contributed by atoms with Crippen molar-refractivity contribution < 1.29 is 36.2 Å². The second kappa shape index (κ2) is 9.02. The summed E-state index contributed by atoms with van der Waals surface area (Å²) in [6, 6.07) is 15.6. The summed E-state index contributed by atoms with van der Waals surface area (Å²) in [5.74, 6) is -1.52. The van der Waals surface area contributed by atoms with E-state index in [0.717, 1.165) is 21.7 Å². The molecule has 6 nitrogen and oxygen atoms in total. The Balaban J connectivity index is 2.01. The van der Waals surface area contributed by atoms with Crippen molar-refractivity contribution >= 4 is 26.9 Å². The van der Waals surface area contributed by atoms with E-state index in [1.165, 1.54) is 36.4 Å². The van der Waals surface area contributed by atoms with Crippen LogP contribution in [-0.4, -0.2) is 29.8 Å². The van der Waals surface area contributed by atoms with Gasteiger partial charge in [0.2, 0.25) is 0 Å². The van der Waals surface area contributed by atoms with Gasteiger partial charge in [-0.1, -0.05) is 38.1 Å². The fourth-order valence-electron chi connectivity index (χ4n) is 4.09. The van der Waals surface area contributed by atoms with E-state index in [4.69, 9.17) is 0 Å². The number of benzene rings is 3. The molecule has 0 aliphatic carbocycles. The number of aromatic carboxylic acids is 1. The number of rotatable bonds is 6. The van der Waals surface area contributed by atoms with Crippen LogP contribution < -0.4 is 4.74 Å². The van der Waals surface area contributed by atoms with Crippen molar-refractivity contribution in [3.05, 3.63) is 83.4 Å². The van der Waals surface area contributed by atoms with Crippen LogP contribution >= 0.6 is 0 Å². The Kier molecular flexibility index (Phi) is 6.34. The molecule has 0 amide bonds. The van der Waals surface area contributed by atoms with Crippen molar-refractivity contribution in [1.82, 2.24) is 3.97 Å². The van der Waals surface area contributed by atoms with Gasteiger partial charge in [-0.15, -0.1) is 13.2 Å². The molecular formula is C26H22F3NO5S. The van der Waals surface area contributed by atoms with Crippen LogP contribution in [0.25, 0.3) is 22.2 Å². The lowest BCUT2D eigenvalue weighted by Crippen LogP contribution is -2.17. The fourth-order valence-corrected chi connectivity index (χ4v) is 5.61. The first-order valence-electron chi connectivity index (χ1n) is 10.9.